The van der Waals surface area contributed by atoms with Crippen LogP contribution < -0.4 is 0 Å². The molecule has 0 spiro atoms. The molecule has 38 valence electrons. The Labute approximate surface area is 53.3 Å². The van der Waals surface area contributed by atoms with Crippen LogP contribution in [0.4, 0.5) is 4.53 Å². The SMILES string of the molecule is OB(O)OF.[BiH3]. The van der Waals surface area contributed by atoms with Crippen molar-refractivity contribution < 1.29 is 19.4 Å². The maximum atomic E-state index is 10.1. The Kier molecular flexibility index (Phi) is 9.50. The van der Waals surface area contributed by atoms with Gasteiger partial charge in [-0.2, -0.15) is 4.86 Å². The molecule has 0 heterocycles. The molecule has 3 nitrogen and oxygen atoms in total. The zero-order valence-corrected chi connectivity index (χ0v) is 8.46. The van der Waals surface area contributed by atoms with Gasteiger partial charge in [-0.1, -0.05) is 4.53 Å². The van der Waals surface area contributed by atoms with Gasteiger partial charge in [-0.05, 0) is 0 Å². The molecule has 2 N–H and O–H groups in total. The predicted molar refractivity (Wildman–Crippen MR) is 22.3 cm³/mol. The summed E-state index contributed by atoms with van der Waals surface area (Å²) >= 11 is 0. The fourth-order valence-corrected chi connectivity index (χ4v) is 0. The summed E-state index contributed by atoms with van der Waals surface area (Å²) in [5.74, 6) is 0. The molecule has 0 unspecified atom stereocenters. The second kappa shape index (κ2) is 5.76. The molecule has 0 rings (SSSR count). The zero-order chi connectivity index (χ0) is 4.28. The first-order valence-electron chi connectivity index (χ1n) is 0.906. The monoisotopic (exact) mass is 292 g/mol. The van der Waals surface area contributed by atoms with Crippen molar-refractivity contribution in [1.29, 1.82) is 0 Å². The van der Waals surface area contributed by atoms with Crippen LogP contribution in [0.25, 0.3) is 0 Å². The summed E-state index contributed by atoms with van der Waals surface area (Å²) in [5.41, 5.74) is 0. The van der Waals surface area contributed by atoms with Gasteiger partial charge in [0.25, 0.3) is 0 Å². The molecule has 0 bridgehead atoms. The molecule has 0 aliphatic heterocycles. The third-order valence-electron chi connectivity index (χ3n) is 0.0797. The molecule has 0 aromatic heterocycles. The molecule has 0 amide bonds. The average molecular weight is 292 g/mol. The first kappa shape index (κ1) is 9.90. The summed E-state index contributed by atoms with van der Waals surface area (Å²) in [6.07, 6.45) is 0. The van der Waals surface area contributed by atoms with Gasteiger partial charge in [0.2, 0.25) is 0 Å². The van der Waals surface area contributed by atoms with E-state index < -0.39 is 7.32 Å². The van der Waals surface area contributed by atoms with Gasteiger partial charge in [0, 0.05) is 0 Å². The predicted octanol–water partition coefficient (Wildman–Crippen LogP) is -2.33. The van der Waals surface area contributed by atoms with Crippen LogP contribution >= 0.6 is 0 Å². The van der Waals surface area contributed by atoms with Gasteiger partial charge in [-0.25, -0.2) is 0 Å². The summed E-state index contributed by atoms with van der Waals surface area (Å²) in [4.78, 5) is 2.36. The van der Waals surface area contributed by atoms with E-state index in [0.717, 1.165) is 0 Å². The average Bonchev–Trinajstić information content (AvgIpc) is 1.38. The molecule has 6 heavy (non-hydrogen) atoms. The maximum absolute atomic E-state index is 10.1. The van der Waals surface area contributed by atoms with Crippen molar-refractivity contribution in [3.05, 3.63) is 0 Å². The standard InChI is InChI=1S/BFH2O3.Bi.3H/c2-5-1(3)4;;;;/h3-4H;;;;. The topological polar surface area (TPSA) is 49.7 Å². The van der Waals surface area contributed by atoms with Crippen molar-refractivity contribution in [3.8, 4) is 0 Å². The van der Waals surface area contributed by atoms with E-state index in [9.17, 15) is 4.53 Å². The Morgan fingerprint density at radius 1 is 1.50 bits per heavy atom. The normalized spacial score (nSPS) is 6.50. The van der Waals surface area contributed by atoms with Gasteiger partial charge in [0.1, 0.15) is 0 Å². The molecular weight excluding hydrogens is 287 g/mol. The minimum absolute atomic E-state index is 0. The van der Waals surface area contributed by atoms with Crippen LogP contribution in [0.15, 0.2) is 0 Å². The number of halogens is 1. The van der Waals surface area contributed by atoms with Crippen molar-refractivity contribution in [2.45, 2.75) is 0 Å². The number of rotatable bonds is 1. The number of hydrogen-bond acceptors (Lipinski definition) is 3. The Morgan fingerprint density at radius 2 is 1.67 bits per heavy atom. The third kappa shape index (κ3) is 8.83. The van der Waals surface area contributed by atoms with Crippen LogP contribution in [-0.4, -0.2) is 43.6 Å². The summed E-state index contributed by atoms with van der Waals surface area (Å²) in [6, 6.07) is 0. The van der Waals surface area contributed by atoms with E-state index in [2.05, 4.69) is 4.86 Å². The quantitative estimate of drug-likeness (QED) is 0.533. The Balaban J connectivity index is 0. The third-order valence-corrected chi connectivity index (χ3v) is 0.0797. The molecule has 0 atom stereocenters. The first-order chi connectivity index (χ1) is 2.27. The second-order valence-electron chi connectivity index (χ2n) is 0.415. The molecule has 0 saturated heterocycles. The van der Waals surface area contributed by atoms with Crippen molar-refractivity contribution in [2.24, 2.45) is 0 Å². The van der Waals surface area contributed by atoms with E-state index >= 15 is 0 Å². The molecule has 0 saturated carbocycles. The number of hydrogen-bond donors (Lipinski definition) is 2. The molecule has 6 heteroatoms. The van der Waals surface area contributed by atoms with Crippen molar-refractivity contribution in [3.63, 3.8) is 0 Å². The van der Waals surface area contributed by atoms with Gasteiger partial charge in [-0.15, -0.1) is 0 Å². The van der Waals surface area contributed by atoms with E-state index in [-0.39, 0.29) is 26.2 Å². The Morgan fingerprint density at radius 3 is 1.67 bits per heavy atom. The molecule has 0 aromatic rings. The van der Waals surface area contributed by atoms with E-state index in [1.807, 2.05) is 0 Å². The molecule has 0 aliphatic rings. The van der Waals surface area contributed by atoms with E-state index in [1.165, 1.54) is 0 Å². The Bertz CT molecular complexity index is 24.8. The van der Waals surface area contributed by atoms with Gasteiger partial charge in [-0.3, -0.25) is 0 Å². The van der Waals surface area contributed by atoms with Gasteiger partial charge in [0.15, 0.2) is 0 Å². The summed E-state index contributed by atoms with van der Waals surface area (Å²) < 4.78 is 10.1. The van der Waals surface area contributed by atoms with Crippen LogP contribution in [0.3, 0.4) is 0 Å². The van der Waals surface area contributed by atoms with Gasteiger partial charge < -0.3 is 10.0 Å². The fourth-order valence-electron chi connectivity index (χ4n) is 0. The molecule has 0 aromatic carbocycles. The zero-order valence-electron chi connectivity index (χ0n) is 2.97. The van der Waals surface area contributed by atoms with Crippen LogP contribution in [0.1, 0.15) is 0 Å². The summed E-state index contributed by atoms with van der Waals surface area (Å²) in [5, 5.41) is 14.6. The van der Waals surface area contributed by atoms with E-state index in [4.69, 9.17) is 10.0 Å². The van der Waals surface area contributed by atoms with Crippen molar-refractivity contribution in [2.75, 3.05) is 0 Å². The summed E-state index contributed by atoms with van der Waals surface area (Å²) in [7, 11) is -2.28. The van der Waals surface area contributed by atoms with Crippen molar-refractivity contribution in [1.82, 2.24) is 0 Å². The Hall–Kier alpha value is 0.758. The van der Waals surface area contributed by atoms with Crippen LogP contribution in [0.2, 0.25) is 0 Å². The molecule has 0 fully saturated rings. The van der Waals surface area contributed by atoms with Crippen LogP contribution in [0.5, 0.6) is 0 Å². The fraction of sp³-hybridized carbons (Fsp3) is 0. The molecule has 0 aliphatic carbocycles. The first-order valence-corrected chi connectivity index (χ1v) is 0.906. The second-order valence-corrected chi connectivity index (χ2v) is 0.415. The van der Waals surface area contributed by atoms with Crippen LogP contribution in [0, 0.1) is 0 Å². The van der Waals surface area contributed by atoms with Gasteiger partial charge in [0.05, 0.1) is 0 Å². The van der Waals surface area contributed by atoms with Gasteiger partial charge >= 0.3 is 33.5 Å². The summed E-state index contributed by atoms with van der Waals surface area (Å²) in [6.45, 7) is 0. The molecule has 0 radical (unpaired) electrons. The van der Waals surface area contributed by atoms with Crippen LogP contribution in [-0.2, 0) is 4.86 Å². The van der Waals surface area contributed by atoms with Crippen molar-refractivity contribution >= 4 is 33.5 Å². The molecular formula is H5BBiFO3. The van der Waals surface area contributed by atoms with E-state index in [0.29, 0.717) is 0 Å². The van der Waals surface area contributed by atoms with E-state index in [1.54, 1.807) is 0 Å². The minimum atomic E-state index is -2.28.